The van der Waals surface area contributed by atoms with Gasteiger partial charge in [0.05, 0.1) is 19.3 Å². The van der Waals surface area contributed by atoms with E-state index < -0.39 is 5.97 Å². The first-order valence-electron chi connectivity index (χ1n) is 6.16. The Morgan fingerprint density at radius 1 is 1.42 bits per heavy atom. The highest BCUT2D eigenvalue weighted by Gasteiger charge is 2.18. The van der Waals surface area contributed by atoms with Gasteiger partial charge in [-0.1, -0.05) is 5.21 Å². The molecule has 0 spiro atoms. The Bertz CT molecular complexity index is 473. The Morgan fingerprint density at radius 3 is 2.89 bits per heavy atom. The third kappa shape index (κ3) is 3.50. The molecule has 0 radical (unpaired) electrons. The maximum Gasteiger partial charge on any atom is 0.358 e. The van der Waals surface area contributed by atoms with Crippen LogP contribution in [-0.2, 0) is 11.3 Å². The number of carbonyl (C=O) groups excluding carboxylic acids is 1. The van der Waals surface area contributed by atoms with Crippen LogP contribution in [0.5, 0.6) is 0 Å². The lowest BCUT2D eigenvalue weighted by Crippen LogP contribution is -2.36. The SMILES string of the molecule is CN1CCCN(CCn2cc(C(=O)O)nn2)CC1=O. The summed E-state index contributed by atoms with van der Waals surface area (Å²) < 4.78 is 1.49. The van der Waals surface area contributed by atoms with E-state index in [1.165, 1.54) is 10.9 Å². The van der Waals surface area contributed by atoms with Gasteiger partial charge in [-0.15, -0.1) is 5.10 Å². The molecule has 1 aliphatic rings. The van der Waals surface area contributed by atoms with Gasteiger partial charge in [0.1, 0.15) is 0 Å². The largest absolute Gasteiger partial charge is 0.476 e. The number of aromatic carboxylic acids is 1. The molecule has 1 saturated heterocycles. The van der Waals surface area contributed by atoms with Gasteiger partial charge in [0.25, 0.3) is 0 Å². The predicted molar refractivity (Wildman–Crippen MR) is 65.7 cm³/mol. The van der Waals surface area contributed by atoms with Crippen LogP contribution in [0.1, 0.15) is 16.9 Å². The molecule has 0 saturated carbocycles. The number of amides is 1. The van der Waals surface area contributed by atoms with Crippen LogP contribution in [0.3, 0.4) is 0 Å². The summed E-state index contributed by atoms with van der Waals surface area (Å²) in [5.74, 6) is -0.972. The molecule has 1 aromatic rings. The summed E-state index contributed by atoms with van der Waals surface area (Å²) in [6.45, 7) is 3.22. The van der Waals surface area contributed by atoms with Crippen molar-refractivity contribution in [1.29, 1.82) is 0 Å². The van der Waals surface area contributed by atoms with Crippen LogP contribution in [0.25, 0.3) is 0 Å². The van der Waals surface area contributed by atoms with Crippen molar-refractivity contribution in [3.05, 3.63) is 11.9 Å². The molecule has 104 valence electrons. The van der Waals surface area contributed by atoms with E-state index in [0.717, 1.165) is 19.5 Å². The average Bonchev–Trinajstić information content (AvgIpc) is 2.78. The molecule has 0 aliphatic carbocycles. The highest BCUT2D eigenvalue weighted by molar-refractivity contribution is 5.84. The quantitative estimate of drug-likeness (QED) is 0.763. The lowest BCUT2D eigenvalue weighted by Gasteiger charge is -2.18. The van der Waals surface area contributed by atoms with E-state index in [4.69, 9.17) is 5.11 Å². The average molecular weight is 267 g/mol. The first kappa shape index (κ1) is 13.5. The van der Waals surface area contributed by atoms with E-state index in [2.05, 4.69) is 10.3 Å². The number of hydrogen-bond donors (Lipinski definition) is 1. The van der Waals surface area contributed by atoms with Gasteiger partial charge in [-0.3, -0.25) is 14.4 Å². The van der Waals surface area contributed by atoms with Gasteiger partial charge in [-0.05, 0) is 6.42 Å². The monoisotopic (exact) mass is 267 g/mol. The van der Waals surface area contributed by atoms with Gasteiger partial charge in [0.2, 0.25) is 5.91 Å². The number of carbonyl (C=O) groups is 2. The topological polar surface area (TPSA) is 91.6 Å². The summed E-state index contributed by atoms with van der Waals surface area (Å²) in [4.78, 5) is 26.2. The third-order valence-electron chi connectivity index (χ3n) is 3.16. The summed E-state index contributed by atoms with van der Waals surface area (Å²) in [7, 11) is 1.81. The van der Waals surface area contributed by atoms with Crippen molar-refractivity contribution < 1.29 is 14.7 Å². The van der Waals surface area contributed by atoms with Gasteiger partial charge in [-0.2, -0.15) is 0 Å². The van der Waals surface area contributed by atoms with Gasteiger partial charge in [0.15, 0.2) is 5.69 Å². The molecular weight excluding hydrogens is 250 g/mol. The fourth-order valence-electron chi connectivity index (χ4n) is 1.99. The fourth-order valence-corrected chi connectivity index (χ4v) is 1.99. The lowest BCUT2D eigenvalue weighted by molar-refractivity contribution is -0.129. The van der Waals surface area contributed by atoms with E-state index in [-0.39, 0.29) is 11.6 Å². The van der Waals surface area contributed by atoms with Gasteiger partial charge >= 0.3 is 5.97 Å². The van der Waals surface area contributed by atoms with Crippen LogP contribution in [0.2, 0.25) is 0 Å². The van der Waals surface area contributed by atoms with Crippen LogP contribution in [0.15, 0.2) is 6.20 Å². The van der Waals surface area contributed by atoms with E-state index in [1.807, 2.05) is 11.9 Å². The maximum absolute atomic E-state index is 11.7. The van der Waals surface area contributed by atoms with E-state index in [0.29, 0.717) is 19.6 Å². The fraction of sp³-hybridized carbons (Fsp3) is 0.636. The summed E-state index contributed by atoms with van der Waals surface area (Å²) in [5.41, 5.74) is -0.0633. The molecule has 0 aromatic carbocycles. The molecule has 2 rings (SSSR count). The predicted octanol–water partition coefficient (Wildman–Crippen LogP) is -0.860. The summed E-state index contributed by atoms with van der Waals surface area (Å²) >= 11 is 0. The summed E-state index contributed by atoms with van der Waals surface area (Å²) in [5, 5.41) is 16.0. The maximum atomic E-state index is 11.7. The Morgan fingerprint density at radius 2 is 2.21 bits per heavy atom. The Balaban J connectivity index is 1.87. The molecule has 1 aliphatic heterocycles. The smallest absolute Gasteiger partial charge is 0.358 e. The van der Waals surface area contributed by atoms with Gasteiger partial charge in [-0.25, -0.2) is 4.79 Å². The minimum Gasteiger partial charge on any atom is -0.476 e. The normalized spacial score (nSPS) is 17.5. The number of likely N-dealkylation sites (N-methyl/N-ethyl adjacent to an activating group) is 1. The second-order valence-electron chi connectivity index (χ2n) is 4.62. The minimum absolute atomic E-state index is 0.0633. The van der Waals surface area contributed by atoms with Crippen LogP contribution in [-0.4, -0.2) is 75.0 Å². The number of nitrogens with zero attached hydrogens (tertiary/aromatic N) is 5. The zero-order valence-corrected chi connectivity index (χ0v) is 10.8. The standard InChI is InChI=1S/C11H17N5O3/c1-14-3-2-4-15(8-10(14)17)5-6-16-7-9(11(18)19)12-13-16/h7H,2-6,8H2,1H3,(H,18,19). The number of rotatable bonds is 4. The molecule has 8 heteroatoms. The molecule has 0 atom stereocenters. The lowest BCUT2D eigenvalue weighted by atomic mass is 10.4. The third-order valence-corrected chi connectivity index (χ3v) is 3.16. The van der Waals surface area contributed by atoms with E-state index >= 15 is 0 Å². The first-order chi connectivity index (χ1) is 9.06. The highest BCUT2D eigenvalue weighted by atomic mass is 16.4. The van der Waals surface area contributed by atoms with Crippen LogP contribution >= 0.6 is 0 Å². The molecule has 1 aromatic heterocycles. The molecule has 1 amide bonds. The highest BCUT2D eigenvalue weighted by Crippen LogP contribution is 2.03. The van der Waals surface area contributed by atoms with Crippen LogP contribution in [0, 0.1) is 0 Å². The minimum atomic E-state index is -1.09. The number of hydrogen-bond acceptors (Lipinski definition) is 5. The Labute approximate surface area is 110 Å². The van der Waals surface area contributed by atoms with Crippen molar-refractivity contribution in [2.24, 2.45) is 0 Å². The first-order valence-corrected chi connectivity index (χ1v) is 6.16. The number of aromatic nitrogens is 3. The van der Waals surface area contributed by atoms with E-state index in [1.54, 1.807) is 4.90 Å². The summed E-state index contributed by atoms with van der Waals surface area (Å²) in [6, 6.07) is 0. The Hall–Kier alpha value is -1.96. The second-order valence-corrected chi connectivity index (χ2v) is 4.62. The van der Waals surface area contributed by atoms with Crippen molar-refractivity contribution >= 4 is 11.9 Å². The van der Waals surface area contributed by atoms with Crippen molar-refractivity contribution in [2.75, 3.05) is 33.2 Å². The molecule has 0 bridgehead atoms. The van der Waals surface area contributed by atoms with Crippen molar-refractivity contribution in [2.45, 2.75) is 13.0 Å². The number of carboxylic acid groups (broad SMARTS) is 1. The van der Waals surface area contributed by atoms with Crippen molar-refractivity contribution in [1.82, 2.24) is 24.8 Å². The van der Waals surface area contributed by atoms with Crippen molar-refractivity contribution in [3.63, 3.8) is 0 Å². The molecule has 0 unspecified atom stereocenters. The molecular formula is C11H17N5O3. The molecule has 2 heterocycles. The molecule has 8 nitrogen and oxygen atoms in total. The Kier molecular flexibility index (Phi) is 4.10. The molecule has 1 fully saturated rings. The molecule has 1 N–H and O–H groups in total. The second kappa shape index (κ2) is 5.79. The van der Waals surface area contributed by atoms with Crippen LogP contribution in [0.4, 0.5) is 0 Å². The molecule has 19 heavy (non-hydrogen) atoms. The van der Waals surface area contributed by atoms with Crippen molar-refractivity contribution in [3.8, 4) is 0 Å². The summed E-state index contributed by atoms with van der Waals surface area (Å²) in [6.07, 6.45) is 2.34. The number of carboxylic acids is 1. The zero-order valence-electron chi connectivity index (χ0n) is 10.8. The van der Waals surface area contributed by atoms with Crippen LogP contribution < -0.4 is 0 Å². The van der Waals surface area contributed by atoms with Gasteiger partial charge in [0, 0.05) is 26.7 Å². The zero-order chi connectivity index (χ0) is 13.8. The van der Waals surface area contributed by atoms with Gasteiger partial charge < -0.3 is 10.0 Å². The van der Waals surface area contributed by atoms with E-state index in [9.17, 15) is 9.59 Å².